The van der Waals surface area contributed by atoms with Crippen LogP contribution in [0.1, 0.15) is 11.4 Å². The van der Waals surface area contributed by atoms with Gasteiger partial charge in [0.15, 0.2) is 5.82 Å². The molecule has 3 N–H and O–H groups in total. The maximum Gasteiger partial charge on any atom is 0.188 e. The van der Waals surface area contributed by atoms with E-state index in [9.17, 15) is 4.39 Å². The third kappa shape index (κ3) is 2.74. The quantitative estimate of drug-likeness (QED) is 0.695. The Morgan fingerprint density at radius 3 is 2.88 bits per heavy atom. The Morgan fingerprint density at radius 2 is 2.19 bits per heavy atom. The highest BCUT2D eigenvalue weighted by atomic mass is 19.1. The normalized spacial score (nSPS) is 10.6. The van der Waals surface area contributed by atoms with Crippen LogP contribution in [0.4, 0.5) is 4.39 Å². The number of hydrogen-bond acceptors (Lipinski definition) is 5. The summed E-state index contributed by atoms with van der Waals surface area (Å²) in [6.07, 6.45) is 0. The van der Waals surface area contributed by atoms with Crippen LogP contribution in [-0.4, -0.2) is 25.7 Å². The van der Waals surface area contributed by atoms with E-state index in [4.69, 9.17) is 5.11 Å². The molecule has 1 aromatic heterocycles. The highest BCUT2D eigenvalue weighted by Crippen LogP contribution is 2.14. The largest absolute Gasteiger partial charge is 0.508 e. The number of nitrogens with one attached hydrogen (secondary N) is 2. The molecule has 0 bridgehead atoms. The molecule has 6 nitrogen and oxygen atoms in total. The van der Waals surface area contributed by atoms with E-state index >= 15 is 0 Å². The van der Waals surface area contributed by atoms with Gasteiger partial charge in [0.2, 0.25) is 0 Å². The summed E-state index contributed by atoms with van der Waals surface area (Å²) in [7, 11) is 0. The first kappa shape index (κ1) is 10.5. The smallest absolute Gasteiger partial charge is 0.188 e. The number of phenols is 1. The average Bonchev–Trinajstić information content (AvgIpc) is 2.69. The molecule has 16 heavy (non-hydrogen) atoms. The molecule has 0 fully saturated rings. The number of hydrogen-bond donors (Lipinski definition) is 3. The summed E-state index contributed by atoms with van der Waals surface area (Å²) in [6.45, 7) is 0.841. The number of rotatable bonds is 4. The number of aromatic amines is 1. The summed E-state index contributed by atoms with van der Waals surface area (Å²) in [5.74, 6) is -0.0200. The van der Waals surface area contributed by atoms with Crippen LogP contribution in [0.5, 0.6) is 5.75 Å². The standard InChI is InChI=1S/C9H10FN5O/c10-7-1-6(2-8(16)3-7)4-11-5-9-12-14-15-13-9/h1-3,11,16H,4-5H2,(H,12,13,14,15). The molecule has 0 spiro atoms. The van der Waals surface area contributed by atoms with Crippen molar-refractivity contribution in [3.05, 3.63) is 35.4 Å². The summed E-state index contributed by atoms with van der Waals surface area (Å²) in [5, 5.41) is 25.4. The maximum absolute atomic E-state index is 12.9. The van der Waals surface area contributed by atoms with Crippen molar-refractivity contribution >= 4 is 0 Å². The van der Waals surface area contributed by atoms with Crippen molar-refractivity contribution in [3.8, 4) is 5.75 Å². The van der Waals surface area contributed by atoms with Crippen LogP contribution in [-0.2, 0) is 13.1 Å². The number of halogens is 1. The molecular weight excluding hydrogens is 213 g/mol. The lowest BCUT2D eigenvalue weighted by atomic mass is 10.2. The molecular formula is C9H10FN5O. The Balaban J connectivity index is 1.89. The topological polar surface area (TPSA) is 86.7 Å². The second-order valence-electron chi connectivity index (χ2n) is 3.25. The Kier molecular flexibility index (Phi) is 3.06. The Morgan fingerprint density at radius 1 is 1.31 bits per heavy atom. The highest BCUT2D eigenvalue weighted by molar-refractivity contribution is 5.28. The van der Waals surface area contributed by atoms with Crippen LogP contribution in [0.2, 0.25) is 0 Å². The van der Waals surface area contributed by atoms with Crippen LogP contribution >= 0.6 is 0 Å². The minimum Gasteiger partial charge on any atom is -0.508 e. The van der Waals surface area contributed by atoms with Crippen molar-refractivity contribution < 1.29 is 9.50 Å². The van der Waals surface area contributed by atoms with Gasteiger partial charge in [-0.15, -0.1) is 10.2 Å². The molecule has 0 unspecified atom stereocenters. The van der Waals surface area contributed by atoms with Gasteiger partial charge < -0.3 is 10.4 Å². The number of H-pyrrole nitrogens is 1. The van der Waals surface area contributed by atoms with Crippen LogP contribution in [0.25, 0.3) is 0 Å². The number of phenolic OH excluding ortho intramolecular Hbond substituents is 1. The van der Waals surface area contributed by atoms with Crippen molar-refractivity contribution in [1.29, 1.82) is 0 Å². The van der Waals surface area contributed by atoms with Crippen molar-refractivity contribution in [2.24, 2.45) is 0 Å². The first-order chi connectivity index (χ1) is 7.74. The van der Waals surface area contributed by atoms with Gasteiger partial charge in [-0.1, -0.05) is 5.21 Å². The second-order valence-corrected chi connectivity index (χ2v) is 3.25. The molecule has 1 heterocycles. The summed E-state index contributed by atoms with van der Waals surface area (Å²) in [4.78, 5) is 0. The maximum atomic E-state index is 12.9. The lowest BCUT2D eigenvalue weighted by Gasteiger charge is -2.03. The molecule has 0 radical (unpaired) electrons. The van der Waals surface area contributed by atoms with E-state index in [1.165, 1.54) is 12.1 Å². The molecule has 1 aromatic carbocycles. The van der Waals surface area contributed by atoms with E-state index in [1.807, 2.05) is 0 Å². The van der Waals surface area contributed by atoms with Crippen molar-refractivity contribution in [2.75, 3.05) is 0 Å². The van der Waals surface area contributed by atoms with Crippen molar-refractivity contribution in [3.63, 3.8) is 0 Å². The Labute approximate surface area is 90.5 Å². The van der Waals surface area contributed by atoms with Gasteiger partial charge in [0.25, 0.3) is 0 Å². The average molecular weight is 223 g/mol. The molecule has 0 amide bonds. The number of benzene rings is 1. The highest BCUT2D eigenvalue weighted by Gasteiger charge is 2.01. The third-order valence-electron chi connectivity index (χ3n) is 1.94. The lowest BCUT2D eigenvalue weighted by molar-refractivity contribution is 0.467. The fourth-order valence-corrected chi connectivity index (χ4v) is 1.31. The second kappa shape index (κ2) is 4.67. The minimum atomic E-state index is -0.462. The fraction of sp³-hybridized carbons (Fsp3) is 0.222. The monoisotopic (exact) mass is 223 g/mol. The molecule has 7 heteroatoms. The van der Waals surface area contributed by atoms with Gasteiger partial charge in [-0.2, -0.15) is 5.21 Å². The molecule has 84 valence electrons. The molecule has 0 aliphatic heterocycles. The van der Waals surface area contributed by atoms with Gasteiger partial charge in [-0.25, -0.2) is 4.39 Å². The number of aromatic hydroxyl groups is 1. The van der Waals surface area contributed by atoms with Gasteiger partial charge in [0, 0.05) is 12.6 Å². The first-order valence-corrected chi connectivity index (χ1v) is 4.65. The van der Waals surface area contributed by atoms with Crippen LogP contribution in [0, 0.1) is 5.82 Å². The van der Waals surface area contributed by atoms with Crippen LogP contribution in [0.3, 0.4) is 0 Å². The van der Waals surface area contributed by atoms with E-state index in [1.54, 1.807) is 0 Å². The zero-order valence-electron chi connectivity index (χ0n) is 8.31. The molecule has 0 saturated heterocycles. The summed E-state index contributed by atoms with van der Waals surface area (Å²) < 4.78 is 12.9. The van der Waals surface area contributed by atoms with E-state index in [-0.39, 0.29) is 5.75 Å². The summed E-state index contributed by atoms with van der Waals surface area (Å²) in [5.41, 5.74) is 0.654. The SMILES string of the molecule is Oc1cc(F)cc(CNCc2nn[nH]n2)c1. The minimum absolute atomic E-state index is 0.0867. The van der Waals surface area contributed by atoms with E-state index in [2.05, 4.69) is 25.9 Å². The Bertz CT molecular complexity index is 439. The molecule has 0 aliphatic carbocycles. The van der Waals surface area contributed by atoms with Crippen LogP contribution in [0.15, 0.2) is 18.2 Å². The predicted octanol–water partition coefficient (Wildman–Crippen LogP) is 0.334. The fourth-order valence-electron chi connectivity index (χ4n) is 1.31. The molecule has 0 saturated carbocycles. The lowest BCUT2D eigenvalue weighted by Crippen LogP contribution is -2.13. The van der Waals surface area contributed by atoms with Gasteiger partial charge in [0.1, 0.15) is 11.6 Å². The molecule has 2 rings (SSSR count). The molecule has 2 aromatic rings. The molecule has 0 aliphatic rings. The van der Waals surface area contributed by atoms with E-state index in [0.29, 0.717) is 24.5 Å². The third-order valence-corrected chi connectivity index (χ3v) is 1.94. The van der Waals surface area contributed by atoms with E-state index in [0.717, 1.165) is 6.07 Å². The zero-order chi connectivity index (χ0) is 11.4. The van der Waals surface area contributed by atoms with Crippen LogP contribution < -0.4 is 5.32 Å². The van der Waals surface area contributed by atoms with E-state index < -0.39 is 5.82 Å². The van der Waals surface area contributed by atoms with Crippen molar-refractivity contribution in [2.45, 2.75) is 13.1 Å². The Hall–Kier alpha value is -2.02. The van der Waals surface area contributed by atoms with Gasteiger partial charge >= 0.3 is 0 Å². The van der Waals surface area contributed by atoms with Gasteiger partial charge in [0.05, 0.1) is 6.54 Å². The first-order valence-electron chi connectivity index (χ1n) is 4.65. The summed E-state index contributed by atoms with van der Waals surface area (Å²) >= 11 is 0. The van der Waals surface area contributed by atoms with Gasteiger partial charge in [-0.05, 0) is 17.7 Å². The van der Waals surface area contributed by atoms with Crippen molar-refractivity contribution in [1.82, 2.24) is 25.9 Å². The number of tetrazole rings is 1. The zero-order valence-corrected chi connectivity index (χ0v) is 8.31. The number of nitrogens with zero attached hydrogens (tertiary/aromatic N) is 3. The number of aromatic nitrogens is 4. The predicted molar refractivity (Wildman–Crippen MR) is 52.8 cm³/mol. The van der Waals surface area contributed by atoms with Gasteiger partial charge in [-0.3, -0.25) is 0 Å². The molecule has 0 atom stereocenters. The summed E-state index contributed by atoms with van der Waals surface area (Å²) in [6, 6.07) is 3.90.